The number of allylic oxidation sites excluding steroid dienone is 1. The molecule has 0 aromatic rings. The molecule has 2 atom stereocenters. The first-order valence-electron chi connectivity index (χ1n) is 4.42. The average molecular weight is 184 g/mol. The van der Waals surface area contributed by atoms with E-state index in [2.05, 4.69) is 0 Å². The molecular formula is C10H16O3. The summed E-state index contributed by atoms with van der Waals surface area (Å²) in [6.45, 7) is 5.49. The number of aliphatic hydroxyl groups excluding tert-OH is 2. The van der Waals surface area contributed by atoms with E-state index in [0.717, 1.165) is 6.29 Å². The summed E-state index contributed by atoms with van der Waals surface area (Å²) in [4.78, 5) is 10.8. The summed E-state index contributed by atoms with van der Waals surface area (Å²) in [6.07, 6.45) is -0.420. The van der Waals surface area contributed by atoms with Crippen molar-refractivity contribution in [1.29, 1.82) is 0 Å². The molecule has 2 N–H and O–H groups in total. The number of carbonyl (C=O) groups is 1. The SMILES string of the molecule is CC1=C(C=O)C(C)(C)C[C@H](O)[C@H]1O. The van der Waals surface area contributed by atoms with Crippen LogP contribution < -0.4 is 0 Å². The Labute approximate surface area is 78.1 Å². The highest BCUT2D eigenvalue weighted by Gasteiger charge is 2.37. The molecule has 1 aliphatic carbocycles. The highest BCUT2D eigenvalue weighted by Crippen LogP contribution is 2.39. The molecule has 0 heterocycles. The maximum atomic E-state index is 10.8. The lowest BCUT2D eigenvalue weighted by atomic mass is 9.71. The minimum Gasteiger partial charge on any atom is -0.390 e. The average Bonchev–Trinajstić information content (AvgIpc) is 2.00. The van der Waals surface area contributed by atoms with Gasteiger partial charge in [0.15, 0.2) is 0 Å². The van der Waals surface area contributed by atoms with Crippen LogP contribution in [0.3, 0.4) is 0 Å². The van der Waals surface area contributed by atoms with Crippen molar-refractivity contribution in [2.75, 3.05) is 0 Å². The van der Waals surface area contributed by atoms with E-state index < -0.39 is 12.2 Å². The fraction of sp³-hybridized carbons (Fsp3) is 0.700. The molecule has 0 aromatic carbocycles. The van der Waals surface area contributed by atoms with Crippen LogP contribution in [0.1, 0.15) is 27.2 Å². The monoisotopic (exact) mass is 184 g/mol. The van der Waals surface area contributed by atoms with Crippen molar-refractivity contribution in [1.82, 2.24) is 0 Å². The Kier molecular flexibility index (Phi) is 2.59. The Hall–Kier alpha value is -0.670. The Morgan fingerprint density at radius 3 is 2.46 bits per heavy atom. The van der Waals surface area contributed by atoms with Gasteiger partial charge < -0.3 is 10.2 Å². The second-order valence-electron chi connectivity index (χ2n) is 4.31. The van der Waals surface area contributed by atoms with Crippen molar-refractivity contribution >= 4 is 6.29 Å². The van der Waals surface area contributed by atoms with Crippen LogP contribution in [-0.4, -0.2) is 28.7 Å². The number of hydrogen-bond acceptors (Lipinski definition) is 3. The van der Waals surface area contributed by atoms with Gasteiger partial charge in [-0.2, -0.15) is 0 Å². The largest absolute Gasteiger partial charge is 0.390 e. The van der Waals surface area contributed by atoms with Crippen LogP contribution in [-0.2, 0) is 4.79 Å². The van der Waals surface area contributed by atoms with Crippen molar-refractivity contribution in [3.05, 3.63) is 11.1 Å². The van der Waals surface area contributed by atoms with Gasteiger partial charge in [0.05, 0.1) is 6.10 Å². The van der Waals surface area contributed by atoms with Crippen LogP contribution in [0.5, 0.6) is 0 Å². The Morgan fingerprint density at radius 2 is 2.00 bits per heavy atom. The van der Waals surface area contributed by atoms with E-state index in [0.29, 0.717) is 17.6 Å². The van der Waals surface area contributed by atoms with E-state index in [1.54, 1.807) is 6.92 Å². The predicted molar refractivity (Wildman–Crippen MR) is 49.2 cm³/mol. The smallest absolute Gasteiger partial charge is 0.146 e. The summed E-state index contributed by atoms with van der Waals surface area (Å²) in [7, 11) is 0. The van der Waals surface area contributed by atoms with Crippen molar-refractivity contribution in [2.24, 2.45) is 5.41 Å². The summed E-state index contributed by atoms with van der Waals surface area (Å²) >= 11 is 0. The maximum absolute atomic E-state index is 10.8. The molecule has 0 radical (unpaired) electrons. The third-order valence-electron chi connectivity index (χ3n) is 2.80. The summed E-state index contributed by atoms with van der Waals surface area (Å²) < 4.78 is 0. The fourth-order valence-electron chi connectivity index (χ4n) is 1.98. The predicted octanol–water partition coefficient (Wildman–Crippen LogP) is 0.653. The fourth-order valence-corrected chi connectivity index (χ4v) is 1.98. The molecule has 0 aliphatic heterocycles. The Balaban J connectivity index is 3.15. The molecule has 13 heavy (non-hydrogen) atoms. The summed E-state index contributed by atoms with van der Waals surface area (Å²) in [5.74, 6) is 0. The molecule has 0 saturated carbocycles. The summed E-state index contributed by atoms with van der Waals surface area (Å²) in [6, 6.07) is 0. The molecule has 74 valence electrons. The van der Waals surface area contributed by atoms with E-state index in [9.17, 15) is 15.0 Å². The molecule has 1 aliphatic rings. The topological polar surface area (TPSA) is 57.5 Å². The molecule has 3 heteroatoms. The number of hydrogen-bond donors (Lipinski definition) is 2. The number of carbonyl (C=O) groups excluding carboxylic acids is 1. The minimum absolute atomic E-state index is 0.329. The van der Waals surface area contributed by atoms with Crippen LogP contribution in [0.15, 0.2) is 11.1 Å². The van der Waals surface area contributed by atoms with Gasteiger partial charge in [-0.05, 0) is 29.9 Å². The second-order valence-corrected chi connectivity index (χ2v) is 4.31. The summed E-state index contributed by atoms with van der Waals surface area (Å²) in [5, 5.41) is 19.0. The first kappa shape index (κ1) is 10.4. The van der Waals surface area contributed by atoms with Gasteiger partial charge in [0, 0.05) is 0 Å². The standard InChI is InChI=1S/C10H16O3/c1-6-7(5-11)10(2,3)4-8(12)9(6)13/h5,8-9,12-13H,4H2,1-3H3/t8-,9-/m0/s1. The summed E-state index contributed by atoms with van der Waals surface area (Å²) in [5.41, 5.74) is 0.883. The highest BCUT2D eigenvalue weighted by atomic mass is 16.3. The van der Waals surface area contributed by atoms with Crippen LogP contribution >= 0.6 is 0 Å². The number of aliphatic hydroxyl groups is 2. The van der Waals surface area contributed by atoms with Gasteiger partial charge in [0.2, 0.25) is 0 Å². The number of rotatable bonds is 1. The third-order valence-corrected chi connectivity index (χ3v) is 2.80. The van der Waals surface area contributed by atoms with Crippen LogP contribution in [0.25, 0.3) is 0 Å². The van der Waals surface area contributed by atoms with E-state index in [1.807, 2.05) is 13.8 Å². The zero-order chi connectivity index (χ0) is 10.2. The van der Waals surface area contributed by atoms with Gasteiger partial charge in [0.25, 0.3) is 0 Å². The Bertz CT molecular complexity index is 253. The van der Waals surface area contributed by atoms with Crippen molar-refractivity contribution < 1.29 is 15.0 Å². The van der Waals surface area contributed by atoms with E-state index in [4.69, 9.17) is 0 Å². The second kappa shape index (κ2) is 3.24. The third kappa shape index (κ3) is 1.67. The van der Waals surface area contributed by atoms with Crippen molar-refractivity contribution in [2.45, 2.75) is 39.4 Å². The normalized spacial score (nSPS) is 33.3. The Morgan fingerprint density at radius 1 is 1.46 bits per heavy atom. The lowest BCUT2D eigenvalue weighted by Crippen LogP contribution is -2.39. The molecule has 0 spiro atoms. The lowest BCUT2D eigenvalue weighted by Gasteiger charge is -2.37. The van der Waals surface area contributed by atoms with E-state index in [-0.39, 0.29) is 5.41 Å². The first-order valence-corrected chi connectivity index (χ1v) is 4.42. The minimum atomic E-state index is -0.881. The maximum Gasteiger partial charge on any atom is 0.146 e. The molecule has 0 bridgehead atoms. The molecule has 1 rings (SSSR count). The number of aldehydes is 1. The van der Waals surface area contributed by atoms with Gasteiger partial charge >= 0.3 is 0 Å². The lowest BCUT2D eigenvalue weighted by molar-refractivity contribution is -0.106. The van der Waals surface area contributed by atoms with E-state index in [1.165, 1.54) is 0 Å². The molecule has 0 fully saturated rings. The molecule has 0 amide bonds. The van der Waals surface area contributed by atoms with Crippen molar-refractivity contribution in [3.8, 4) is 0 Å². The van der Waals surface area contributed by atoms with Crippen LogP contribution in [0.2, 0.25) is 0 Å². The highest BCUT2D eigenvalue weighted by molar-refractivity contribution is 5.77. The van der Waals surface area contributed by atoms with Gasteiger partial charge in [0.1, 0.15) is 12.4 Å². The zero-order valence-electron chi connectivity index (χ0n) is 8.24. The van der Waals surface area contributed by atoms with Gasteiger partial charge in [-0.1, -0.05) is 13.8 Å². The van der Waals surface area contributed by atoms with Gasteiger partial charge in [-0.3, -0.25) is 4.79 Å². The molecule has 0 saturated heterocycles. The molecular weight excluding hydrogens is 168 g/mol. The van der Waals surface area contributed by atoms with Crippen LogP contribution in [0, 0.1) is 5.41 Å². The first-order chi connectivity index (χ1) is 5.90. The molecule has 0 aromatic heterocycles. The van der Waals surface area contributed by atoms with Gasteiger partial charge in [-0.15, -0.1) is 0 Å². The van der Waals surface area contributed by atoms with Gasteiger partial charge in [-0.25, -0.2) is 0 Å². The molecule has 3 nitrogen and oxygen atoms in total. The zero-order valence-corrected chi connectivity index (χ0v) is 8.24. The van der Waals surface area contributed by atoms with E-state index >= 15 is 0 Å². The molecule has 0 unspecified atom stereocenters. The van der Waals surface area contributed by atoms with Crippen LogP contribution in [0.4, 0.5) is 0 Å². The quantitative estimate of drug-likeness (QED) is 0.588. The van der Waals surface area contributed by atoms with Crippen molar-refractivity contribution in [3.63, 3.8) is 0 Å².